The summed E-state index contributed by atoms with van der Waals surface area (Å²) < 4.78 is 43.3. The summed E-state index contributed by atoms with van der Waals surface area (Å²) in [6, 6.07) is 10.5. The molecule has 2 heterocycles. The SMILES string of the molecule is C=CCn1c(=NC(=O)c2ccc(S(=O)(=O)N3CCCC3)cc2)sc2cccc(F)c21. The zero-order chi connectivity index (χ0) is 21.3. The average molecular weight is 446 g/mol. The Balaban J connectivity index is 1.69. The number of allylic oxidation sites excluding steroid dienone is 1. The second kappa shape index (κ2) is 8.25. The summed E-state index contributed by atoms with van der Waals surface area (Å²) in [4.78, 5) is 17.4. The van der Waals surface area contributed by atoms with Crippen LogP contribution in [0.4, 0.5) is 4.39 Å². The van der Waals surface area contributed by atoms with E-state index in [1.54, 1.807) is 22.8 Å². The van der Waals surface area contributed by atoms with Gasteiger partial charge in [0.2, 0.25) is 10.0 Å². The summed E-state index contributed by atoms with van der Waals surface area (Å²) in [6.07, 6.45) is 3.32. The fourth-order valence-electron chi connectivity index (χ4n) is 3.47. The molecule has 0 N–H and O–H groups in total. The highest BCUT2D eigenvalue weighted by molar-refractivity contribution is 7.89. The van der Waals surface area contributed by atoms with Crippen LogP contribution in [-0.4, -0.2) is 36.3 Å². The van der Waals surface area contributed by atoms with E-state index in [-0.39, 0.29) is 10.5 Å². The number of benzene rings is 2. The van der Waals surface area contributed by atoms with Crippen LogP contribution in [0.2, 0.25) is 0 Å². The van der Waals surface area contributed by atoms with Gasteiger partial charge in [-0.15, -0.1) is 6.58 Å². The molecule has 1 fully saturated rings. The minimum Gasteiger partial charge on any atom is -0.310 e. The molecule has 1 amide bonds. The Morgan fingerprint density at radius 1 is 1.17 bits per heavy atom. The van der Waals surface area contributed by atoms with Gasteiger partial charge in [0, 0.05) is 25.2 Å². The van der Waals surface area contributed by atoms with Crippen molar-refractivity contribution in [2.75, 3.05) is 13.1 Å². The first kappa shape index (κ1) is 20.6. The smallest absolute Gasteiger partial charge is 0.279 e. The Morgan fingerprint density at radius 2 is 1.87 bits per heavy atom. The van der Waals surface area contributed by atoms with Crippen molar-refractivity contribution in [1.82, 2.24) is 8.87 Å². The second-order valence-corrected chi connectivity index (χ2v) is 9.87. The zero-order valence-electron chi connectivity index (χ0n) is 16.1. The van der Waals surface area contributed by atoms with Gasteiger partial charge in [-0.05, 0) is 49.2 Å². The standard InChI is InChI=1S/C21H20FN3O3S2/c1-2-12-25-19-17(22)6-5-7-18(19)29-21(25)23-20(26)15-8-10-16(11-9-15)30(27,28)24-13-3-4-14-24/h2,5-11H,1,3-4,12-14H2. The van der Waals surface area contributed by atoms with Crippen LogP contribution in [0.1, 0.15) is 23.2 Å². The van der Waals surface area contributed by atoms with Gasteiger partial charge < -0.3 is 4.57 Å². The minimum atomic E-state index is -3.54. The van der Waals surface area contributed by atoms with E-state index in [9.17, 15) is 17.6 Å². The third-order valence-corrected chi connectivity index (χ3v) is 7.92. The number of thiazole rings is 1. The minimum absolute atomic E-state index is 0.159. The molecule has 9 heteroatoms. The predicted octanol–water partition coefficient (Wildman–Crippen LogP) is 3.55. The molecule has 1 saturated heterocycles. The summed E-state index contributed by atoms with van der Waals surface area (Å²) in [5.74, 6) is -0.916. The van der Waals surface area contributed by atoms with E-state index >= 15 is 0 Å². The molecule has 1 aliphatic rings. The molecular formula is C21H20FN3O3S2. The molecule has 2 aromatic carbocycles. The molecule has 6 nitrogen and oxygen atoms in total. The molecule has 0 bridgehead atoms. The van der Waals surface area contributed by atoms with Crippen molar-refractivity contribution in [3.63, 3.8) is 0 Å². The largest absolute Gasteiger partial charge is 0.310 e. The van der Waals surface area contributed by atoms with E-state index in [1.165, 1.54) is 46.0 Å². The second-order valence-electron chi connectivity index (χ2n) is 6.92. The molecule has 4 rings (SSSR count). The first-order valence-electron chi connectivity index (χ1n) is 9.50. The lowest BCUT2D eigenvalue weighted by Gasteiger charge is -2.15. The molecule has 1 aromatic heterocycles. The Hall–Kier alpha value is -2.62. The number of fused-ring (bicyclic) bond motifs is 1. The summed E-state index contributed by atoms with van der Waals surface area (Å²) in [5.41, 5.74) is 0.638. The number of hydrogen-bond acceptors (Lipinski definition) is 4. The van der Waals surface area contributed by atoms with Crippen LogP contribution in [0.3, 0.4) is 0 Å². The van der Waals surface area contributed by atoms with E-state index < -0.39 is 21.7 Å². The number of nitrogens with zero attached hydrogens (tertiary/aromatic N) is 3. The number of hydrogen-bond donors (Lipinski definition) is 0. The fourth-order valence-corrected chi connectivity index (χ4v) is 6.04. The lowest BCUT2D eigenvalue weighted by atomic mass is 10.2. The van der Waals surface area contributed by atoms with Crippen LogP contribution < -0.4 is 4.80 Å². The normalized spacial score (nSPS) is 15.7. The van der Waals surface area contributed by atoms with E-state index in [1.807, 2.05) is 0 Å². The quantitative estimate of drug-likeness (QED) is 0.564. The van der Waals surface area contributed by atoms with Crippen LogP contribution in [0, 0.1) is 5.82 Å². The van der Waals surface area contributed by atoms with Crippen LogP contribution in [-0.2, 0) is 16.6 Å². The molecule has 30 heavy (non-hydrogen) atoms. The zero-order valence-corrected chi connectivity index (χ0v) is 17.8. The Morgan fingerprint density at radius 3 is 2.53 bits per heavy atom. The van der Waals surface area contributed by atoms with Crippen LogP contribution >= 0.6 is 11.3 Å². The van der Waals surface area contributed by atoms with E-state index in [4.69, 9.17) is 0 Å². The van der Waals surface area contributed by atoms with Crippen LogP contribution in [0.25, 0.3) is 10.2 Å². The maximum atomic E-state index is 14.3. The van der Waals surface area contributed by atoms with Gasteiger partial charge in [-0.1, -0.05) is 23.5 Å². The molecule has 0 unspecified atom stereocenters. The molecule has 0 saturated carbocycles. The molecule has 0 spiro atoms. The summed E-state index contributed by atoms with van der Waals surface area (Å²) in [7, 11) is -3.54. The first-order valence-corrected chi connectivity index (χ1v) is 11.8. The van der Waals surface area contributed by atoms with Gasteiger partial charge >= 0.3 is 0 Å². The topological polar surface area (TPSA) is 71.7 Å². The summed E-state index contributed by atoms with van der Waals surface area (Å²) >= 11 is 1.21. The third kappa shape index (κ3) is 3.76. The lowest BCUT2D eigenvalue weighted by molar-refractivity contribution is 0.0997. The van der Waals surface area contributed by atoms with Gasteiger partial charge in [-0.3, -0.25) is 4.79 Å². The summed E-state index contributed by atoms with van der Waals surface area (Å²) in [5, 5.41) is 0. The Labute approximate surface area is 177 Å². The van der Waals surface area contributed by atoms with Crippen LogP contribution in [0.5, 0.6) is 0 Å². The highest BCUT2D eigenvalue weighted by Crippen LogP contribution is 2.22. The van der Waals surface area contributed by atoms with Gasteiger partial charge in [0.15, 0.2) is 4.80 Å². The molecule has 0 radical (unpaired) electrons. The van der Waals surface area contributed by atoms with E-state index in [0.717, 1.165) is 12.8 Å². The van der Waals surface area contributed by atoms with Crippen molar-refractivity contribution in [2.24, 2.45) is 4.99 Å². The van der Waals surface area contributed by atoms with Crippen molar-refractivity contribution in [3.8, 4) is 0 Å². The van der Waals surface area contributed by atoms with Crippen molar-refractivity contribution in [1.29, 1.82) is 0 Å². The lowest BCUT2D eigenvalue weighted by Crippen LogP contribution is -2.27. The molecule has 0 aliphatic carbocycles. The van der Waals surface area contributed by atoms with Crippen molar-refractivity contribution >= 4 is 37.5 Å². The van der Waals surface area contributed by atoms with Crippen molar-refractivity contribution in [3.05, 3.63) is 71.3 Å². The average Bonchev–Trinajstić information content (AvgIpc) is 3.38. The number of sulfonamides is 1. The number of rotatable bonds is 5. The summed E-state index contributed by atoms with van der Waals surface area (Å²) in [6.45, 7) is 5.03. The van der Waals surface area contributed by atoms with Crippen molar-refractivity contribution in [2.45, 2.75) is 24.3 Å². The monoisotopic (exact) mass is 445 g/mol. The Bertz CT molecular complexity index is 1290. The fraction of sp³-hybridized carbons (Fsp3) is 0.238. The highest BCUT2D eigenvalue weighted by atomic mass is 32.2. The molecule has 1 aliphatic heterocycles. The first-order chi connectivity index (χ1) is 14.4. The van der Waals surface area contributed by atoms with Crippen molar-refractivity contribution < 1.29 is 17.6 Å². The maximum absolute atomic E-state index is 14.3. The molecule has 0 atom stereocenters. The molecule has 156 valence electrons. The maximum Gasteiger partial charge on any atom is 0.279 e. The van der Waals surface area contributed by atoms with Gasteiger partial charge in [-0.2, -0.15) is 9.30 Å². The number of amides is 1. The predicted molar refractivity (Wildman–Crippen MR) is 114 cm³/mol. The number of carbonyl (C=O) groups is 1. The number of para-hydroxylation sites is 1. The van der Waals surface area contributed by atoms with Gasteiger partial charge in [-0.25, -0.2) is 12.8 Å². The number of aromatic nitrogens is 1. The van der Waals surface area contributed by atoms with E-state index in [0.29, 0.717) is 34.7 Å². The molecular weight excluding hydrogens is 425 g/mol. The molecule has 3 aromatic rings. The third-order valence-electron chi connectivity index (χ3n) is 4.96. The number of carbonyl (C=O) groups excluding carboxylic acids is 1. The van der Waals surface area contributed by atoms with Gasteiger partial charge in [0.05, 0.1) is 15.1 Å². The van der Waals surface area contributed by atoms with Crippen LogP contribution in [0.15, 0.2) is 65.0 Å². The van der Waals surface area contributed by atoms with Gasteiger partial charge in [0.1, 0.15) is 5.82 Å². The highest BCUT2D eigenvalue weighted by Gasteiger charge is 2.27. The van der Waals surface area contributed by atoms with E-state index in [2.05, 4.69) is 11.6 Å². The van der Waals surface area contributed by atoms with Gasteiger partial charge in [0.25, 0.3) is 5.91 Å². The number of halogens is 1. The Kier molecular flexibility index (Phi) is 5.68.